The van der Waals surface area contributed by atoms with Crippen LogP contribution in [0.3, 0.4) is 0 Å². The minimum absolute atomic E-state index is 0.185. The molecule has 1 fully saturated rings. The summed E-state index contributed by atoms with van der Waals surface area (Å²) in [4.78, 5) is 13.9. The molecule has 26 heavy (non-hydrogen) atoms. The van der Waals surface area contributed by atoms with E-state index in [0.717, 1.165) is 48.1 Å². The van der Waals surface area contributed by atoms with Crippen molar-refractivity contribution in [3.05, 3.63) is 27.8 Å². The number of halogens is 2. The van der Waals surface area contributed by atoms with E-state index >= 15 is 0 Å². The molecule has 2 rings (SSSR count). The number of likely N-dealkylation sites (tertiary alicyclic amines) is 1. The van der Waals surface area contributed by atoms with Gasteiger partial charge in [-0.3, -0.25) is 0 Å². The lowest BCUT2D eigenvalue weighted by molar-refractivity contribution is 0.0914. The molecular weight excluding hydrogens is 373 g/mol. The second kappa shape index (κ2) is 9.70. The molecule has 0 bridgehead atoms. The van der Waals surface area contributed by atoms with Crippen LogP contribution in [0.15, 0.2) is 6.07 Å². The van der Waals surface area contributed by atoms with Gasteiger partial charge in [0.25, 0.3) is 0 Å². The lowest BCUT2D eigenvalue weighted by atomic mass is 9.84. The van der Waals surface area contributed by atoms with Crippen molar-refractivity contribution in [3.63, 3.8) is 0 Å². The molecule has 1 aliphatic rings. The highest BCUT2D eigenvalue weighted by atomic mass is 35.5. The summed E-state index contributed by atoms with van der Waals surface area (Å²) in [5.41, 5.74) is 3.08. The lowest BCUT2D eigenvalue weighted by Crippen LogP contribution is -2.38. The predicted molar refractivity (Wildman–Crippen MR) is 107 cm³/mol. The van der Waals surface area contributed by atoms with Gasteiger partial charge in [-0.25, -0.2) is 4.79 Å². The Morgan fingerprint density at radius 3 is 2.58 bits per heavy atom. The molecule has 0 aromatic heterocycles. The molecule has 1 saturated heterocycles. The van der Waals surface area contributed by atoms with E-state index in [1.54, 1.807) is 12.0 Å². The molecule has 0 radical (unpaired) electrons. The molecule has 4 nitrogen and oxygen atoms in total. The number of alkyl halides is 1. The van der Waals surface area contributed by atoms with Crippen molar-refractivity contribution >= 4 is 29.3 Å². The highest BCUT2D eigenvalue weighted by Crippen LogP contribution is 2.44. The quantitative estimate of drug-likeness (QED) is 0.428. The maximum Gasteiger partial charge on any atom is 0.409 e. The minimum atomic E-state index is -0.207. The number of benzene rings is 1. The molecule has 1 amide bonds. The molecule has 146 valence electrons. The molecule has 1 aliphatic heterocycles. The van der Waals surface area contributed by atoms with Crippen LogP contribution in [0, 0.1) is 6.92 Å². The van der Waals surface area contributed by atoms with Crippen LogP contribution >= 0.6 is 23.2 Å². The number of nitrogens with zero attached hydrogens (tertiary/aromatic N) is 1. The van der Waals surface area contributed by atoms with E-state index in [0.29, 0.717) is 24.7 Å². The lowest BCUT2D eigenvalue weighted by Gasteiger charge is -2.33. The van der Waals surface area contributed by atoms with Gasteiger partial charge in [-0.15, -0.1) is 11.6 Å². The number of carbonyl (C=O) groups is 1. The van der Waals surface area contributed by atoms with Crippen molar-refractivity contribution < 1.29 is 14.3 Å². The smallest absolute Gasteiger partial charge is 0.409 e. The fraction of sp³-hybridized carbons (Fsp3) is 0.650. The van der Waals surface area contributed by atoms with E-state index in [1.807, 2.05) is 19.9 Å². The molecule has 1 atom stereocenters. The Kier molecular flexibility index (Phi) is 7.90. The number of unbranched alkanes of at least 4 members (excludes halogenated alkanes) is 1. The van der Waals surface area contributed by atoms with E-state index in [-0.39, 0.29) is 17.4 Å². The van der Waals surface area contributed by atoms with Gasteiger partial charge in [0.15, 0.2) is 0 Å². The number of hydrogen-bond donors (Lipinski definition) is 0. The van der Waals surface area contributed by atoms with E-state index < -0.39 is 0 Å². The summed E-state index contributed by atoms with van der Waals surface area (Å²) in [6, 6.07) is 1.90. The number of amides is 1. The average molecular weight is 402 g/mol. The normalized spacial score (nSPS) is 16.5. The van der Waals surface area contributed by atoms with E-state index in [2.05, 4.69) is 6.92 Å². The molecule has 0 aliphatic carbocycles. The van der Waals surface area contributed by atoms with Crippen LogP contribution < -0.4 is 4.74 Å². The Balaban J connectivity index is 2.15. The van der Waals surface area contributed by atoms with Crippen LogP contribution in [0.4, 0.5) is 4.79 Å². The number of ether oxygens (including phenoxy) is 2. The number of hydrogen-bond acceptors (Lipinski definition) is 3. The van der Waals surface area contributed by atoms with Crippen molar-refractivity contribution in [1.82, 2.24) is 4.90 Å². The van der Waals surface area contributed by atoms with Gasteiger partial charge in [-0.05, 0) is 50.7 Å². The average Bonchev–Trinajstić information content (AvgIpc) is 2.63. The Morgan fingerprint density at radius 2 is 2.04 bits per heavy atom. The summed E-state index contributed by atoms with van der Waals surface area (Å²) in [6.07, 6.45) is 3.43. The molecule has 1 aromatic rings. The van der Waals surface area contributed by atoms with E-state index in [9.17, 15) is 4.79 Å². The fourth-order valence-corrected chi connectivity index (χ4v) is 3.91. The molecular formula is C20H29Cl2NO3. The van der Waals surface area contributed by atoms with Crippen molar-refractivity contribution in [2.45, 2.75) is 57.7 Å². The Hall–Kier alpha value is -1.13. The largest absolute Gasteiger partial charge is 0.496 e. The first kappa shape index (κ1) is 21.2. The maximum absolute atomic E-state index is 12.1. The van der Waals surface area contributed by atoms with Crippen LogP contribution in [0.2, 0.25) is 5.02 Å². The Labute approximate surface area is 166 Å². The van der Waals surface area contributed by atoms with Gasteiger partial charge in [0.05, 0.1) is 19.1 Å². The minimum Gasteiger partial charge on any atom is -0.496 e. The monoisotopic (exact) mass is 401 g/mol. The van der Waals surface area contributed by atoms with Crippen molar-refractivity contribution in [1.29, 1.82) is 0 Å². The van der Waals surface area contributed by atoms with Gasteiger partial charge < -0.3 is 14.4 Å². The third-order valence-corrected chi connectivity index (χ3v) is 5.70. The van der Waals surface area contributed by atoms with Gasteiger partial charge in [0.2, 0.25) is 0 Å². The SMILES string of the molecule is CCCCOC(=O)N1CCC(c2c(C)c(Cl)cc(C(C)Cl)c2OC)CC1. The van der Waals surface area contributed by atoms with Gasteiger partial charge >= 0.3 is 6.09 Å². The molecule has 0 spiro atoms. The third-order valence-electron chi connectivity index (χ3n) is 5.07. The van der Waals surface area contributed by atoms with Gasteiger partial charge in [0.1, 0.15) is 5.75 Å². The van der Waals surface area contributed by atoms with Crippen molar-refractivity contribution in [2.24, 2.45) is 0 Å². The first-order valence-electron chi connectivity index (χ1n) is 9.33. The van der Waals surface area contributed by atoms with E-state index in [1.165, 1.54) is 0 Å². The Morgan fingerprint density at radius 1 is 1.38 bits per heavy atom. The highest BCUT2D eigenvalue weighted by Gasteiger charge is 2.30. The zero-order valence-corrected chi connectivity index (χ0v) is 17.6. The van der Waals surface area contributed by atoms with Crippen LogP contribution in [0.25, 0.3) is 0 Å². The van der Waals surface area contributed by atoms with Gasteiger partial charge in [0, 0.05) is 29.2 Å². The number of rotatable bonds is 6. The van der Waals surface area contributed by atoms with Crippen LogP contribution in [-0.4, -0.2) is 37.8 Å². The summed E-state index contributed by atoms with van der Waals surface area (Å²) < 4.78 is 11.0. The first-order valence-corrected chi connectivity index (χ1v) is 10.1. The topological polar surface area (TPSA) is 38.8 Å². The first-order chi connectivity index (χ1) is 12.4. The molecule has 1 unspecified atom stereocenters. The van der Waals surface area contributed by atoms with Crippen LogP contribution in [-0.2, 0) is 4.74 Å². The predicted octanol–water partition coefficient (Wildman–Crippen LogP) is 6.07. The number of piperidine rings is 1. The summed E-state index contributed by atoms with van der Waals surface area (Å²) in [6.45, 7) is 7.87. The van der Waals surface area contributed by atoms with Crippen LogP contribution in [0.5, 0.6) is 5.75 Å². The Bertz CT molecular complexity index is 626. The summed E-state index contributed by atoms with van der Waals surface area (Å²) >= 11 is 12.8. The van der Waals surface area contributed by atoms with E-state index in [4.69, 9.17) is 32.7 Å². The van der Waals surface area contributed by atoms with Crippen LogP contribution in [0.1, 0.15) is 67.5 Å². The molecule has 0 saturated carbocycles. The summed E-state index contributed by atoms with van der Waals surface area (Å²) in [5, 5.41) is 0.528. The number of methoxy groups -OCH3 is 1. The molecule has 1 aromatic carbocycles. The summed E-state index contributed by atoms with van der Waals surface area (Å²) in [7, 11) is 1.68. The zero-order valence-electron chi connectivity index (χ0n) is 16.1. The van der Waals surface area contributed by atoms with Gasteiger partial charge in [-0.1, -0.05) is 24.9 Å². The number of carbonyl (C=O) groups excluding carboxylic acids is 1. The molecule has 0 N–H and O–H groups in total. The van der Waals surface area contributed by atoms with Gasteiger partial charge in [-0.2, -0.15) is 0 Å². The second-order valence-electron chi connectivity index (χ2n) is 6.86. The third kappa shape index (κ3) is 4.77. The zero-order chi connectivity index (χ0) is 19.3. The fourth-order valence-electron chi connectivity index (χ4n) is 3.53. The highest BCUT2D eigenvalue weighted by molar-refractivity contribution is 6.31. The summed E-state index contributed by atoms with van der Waals surface area (Å²) in [5.74, 6) is 1.12. The molecule has 6 heteroatoms. The maximum atomic E-state index is 12.1. The van der Waals surface area contributed by atoms with Crippen molar-refractivity contribution in [2.75, 3.05) is 26.8 Å². The standard InChI is InChI=1S/C20H29Cl2NO3/c1-5-6-11-26-20(24)23-9-7-15(8-10-23)18-13(2)17(22)12-16(14(3)21)19(18)25-4/h12,14-15H,5-11H2,1-4H3. The molecule has 1 heterocycles. The second-order valence-corrected chi connectivity index (χ2v) is 7.93. The van der Waals surface area contributed by atoms with Crippen molar-refractivity contribution in [3.8, 4) is 5.75 Å².